The van der Waals surface area contributed by atoms with Crippen LogP contribution in [0.2, 0.25) is 0 Å². The van der Waals surface area contributed by atoms with E-state index >= 15 is 0 Å². The van der Waals surface area contributed by atoms with Gasteiger partial charge in [0.05, 0.1) is 38.6 Å². The number of tetrazole rings is 1. The lowest BCUT2D eigenvalue weighted by molar-refractivity contribution is 0.0114. The first-order valence-corrected chi connectivity index (χ1v) is 14.6. The lowest BCUT2D eigenvalue weighted by Crippen LogP contribution is -2.49. The summed E-state index contributed by atoms with van der Waals surface area (Å²) in [6.07, 6.45) is 8.48. The molecule has 0 amide bonds. The van der Waals surface area contributed by atoms with Crippen LogP contribution < -0.4 is 19.7 Å². The number of nitrogens with one attached hydrogen (secondary N) is 1. The Labute approximate surface area is 254 Å². The first-order chi connectivity index (χ1) is 21.6. The third-order valence-electron chi connectivity index (χ3n) is 7.74. The van der Waals surface area contributed by atoms with Gasteiger partial charge in [-0.2, -0.15) is 10.2 Å². The third-order valence-corrected chi connectivity index (χ3v) is 7.74. The first-order valence-electron chi connectivity index (χ1n) is 14.6. The first kappa shape index (κ1) is 29.1. The molecule has 2 aliphatic rings. The molecule has 44 heavy (non-hydrogen) atoms. The molecule has 0 aliphatic carbocycles. The summed E-state index contributed by atoms with van der Waals surface area (Å²) >= 11 is 0. The molecule has 2 fully saturated rings. The van der Waals surface area contributed by atoms with Gasteiger partial charge in [-0.15, -0.1) is 5.10 Å². The van der Waals surface area contributed by atoms with Crippen LogP contribution >= 0.6 is 0 Å². The Hall–Kier alpha value is -4.94. The third kappa shape index (κ3) is 6.82. The number of methoxy groups -OCH3 is 1. The highest BCUT2D eigenvalue weighted by Crippen LogP contribution is 2.30. The highest BCUT2D eigenvalue weighted by atomic mass is 16.5. The van der Waals surface area contributed by atoms with E-state index in [9.17, 15) is 5.26 Å². The number of nitriles is 1. The zero-order valence-corrected chi connectivity index (χ0v) is 24.7. The average Bonchev–Trinajstić information content (AvgIpc) is 3.58. The van der Waals surface area contributed by atoms with Crippen LogP contribution in [0.3, 0.4) is 0 Å². The van der Waals surface area contributed by atoms with Crippen molar-refractivity contribution in [1.82, 2.24) is 45.0 Å². The Bertz CT molecular complexity index is 1560. The van der Waals surface area contributed by atoms with Crippen molar-refractivity contribution in [2.45, 2.75) is 38.5 Å². The number of hydrogen-bond donors (Lipinski definition) is 1. The van der Waals surface area contributed by atoms with Gasteiger partial charge < -0.3 is 24.4 Å². The minimum atomic E-state index is -0.269. The minimum Gasteiger partial charge on any atom is -0.487 e. The second-order valence-corrected chi connectivity index (χ2v) is 10.7. The van der Waals surface area contributed by atoms with Gasteiger partial charge in [-0.3, -0.25) is 4.90 Å². The highest BCUT2D eigenvalue weighted by Gasteiger charge is 2.27. The SMILES string of the molecule is COc1nc(N2CCC(N3CCOCC3)CC2)ncc1Nc1ncc(-c2ccc(C#N)c(O[C@@H](C)Cn3cnnn3)c2)cn1. The number of nitrogens with zero attached hydrogens (tertiary/aromatic N) is 11. The summed E-state index contributed by atoms with van der Waals surface area (Å²) in [7, 11) is 1.58. The lowest BCUT2D eigenvalue weighted by atomic mass is 10.0. The van der Waals surface area contributed by atoms with Gasteiger partial charge in [0.2, 0.25) is 17.8 Å². The molecule has 5 heterocycles. The van der Waals surface area contributed by atoms with Crippen LogP contribution in [0.25, 0.3) is 11.1 Å². The van der Waals surface area contributed by atoms with Crippen molar-refractivity contribution in [2.24, 2.45) is 0 Å². The second-order valence-electron chi connectivity index (χ2n) is 10.7. The number of piperidine rings is 1. The zero-order chi connectivity index (χ0) is 30.3. The van der Waals surface area contributed by atoms with E-state index in [0.717, 1.165) is 63.4 Å². The van der Waals surface area contributed by atoms with Crippen molar-refractivity contribution in [1.29, 1.82) is 5.26 Å². The number of benzene rings is 1. The van der Waals surface area contributed by atoms with Gasteiger partial charge in [0.15, 0.2) is 0 Å². The molecular weight excluding hydrogens is 564 g/mol. The number of hydrogen-bond acceptors (Lipinski definition) is 14. The standard InChI is InChI=1S/C29H34N12O3/c1-20(18-41-19-34-37-38-41)44-26-13-21(3-4-22(26)14-30)23-15-31-28(32-16-23)35-25-17-33-29(36-27(25)42-2)40-7-5-24(6-8-40)39-9-11-43-12-10-39/h3-4,13,15-17,19-20,24H,5-12,18H2,1-2H3,(H,31,32,35)/t20-/m0/s1. The number of rotatable bonds is 10. The molecule has 15 nitrogen and oxygen atoms in total. The smallest absolute Gasteiger partial charge is 0.242 e. The molecule has 4 aromatic rings. The Morgan fingerprint density at radius 3 is 2.57 bits per heavy atom. The zero-order valence-electron chi connectivity index (χ0n) is 24.7. The van der Waals surface area contributed by atoms with Crippen molar-refractivity contribution in [3.8, 4) is 28.8 Å². The number of aromatic nitrogens is 8. The molecule has 15 heteroatoms. The van der Waals surface area contributed by atoms with E-state index in [2.05, 4.69) is 56.6 Å². The molecule has 2 saturated heterocycles. The monoisotopic (exact) mass is 598 g/mol. The van der Waals surface area contributed by atoms with Gasteiger partial charge in [0.1, 0.15) is 29.9 Å². The summed E-state index contributed by atoms with van der Waals surface area (Å²) in [5, 5.41) is 23.9. The molecule has 0 saturated carbocycles. The van der Waals surface area contributed by atoms with E-state index < -0.39 is 0 Å². The summed E-state index contributed by atoms with van der Waals surface area (Å²) < 4.78 is 18.7. The summed E-state index contributed by atoms with van der Waals surface area (Å²) in [6, 6.07) is 8.12. The second kappa shape index (κ2) is 13.6. The molecular formula is C29H34N12O3. The number of anilines is 3. The summed E-state index contributed by atoms with van der Waals surface area (Å²) in [6.45, 7) is 7.75. The molecule has 0 radical (unpaired) electrons. The Balaban J connectivity index is 1.10. The quantitative estimate of drug-likeness (QED) is 0.283. The van der Waals surface area contributed by atoms with Crippen LogP contribution in [0.15, 0.2) is 43.1 Å². The lowest BCUT2D eigenvalue weighted by Gasteiger charge is -2.40. The topological polar surface area (TPSA) is 165 Å². The van der Waals surface area contributed by atoms with Crippen molar-refractivity contribution in [2.75, 3.05) is 56.7 Å². The van der Waals surface area contributed by atoms with Crippen LogP contribution in [0.1, 0.15) is 25.3 Å². The molecule has 6 rings (SSSR count). The fourth-order valence-electron chi connectivity index (χ4n) is 5.46. The van der Waals surface area contributed by atoms with E-state index in [1.807, 2.05) is 13.0 Å². The molecule has 1 N–H and O–H groups in total. The molecule has 1 aromatic carbocycles. The molecule has 1 atom stereocenters. The van der Waals surface area contributed by atoms with Gasteiger partial charge in [-0.1, -0.05) is 6.07 Å². The Morgan fingerprint density at radius 2 is 1.86 bits per heavy atom. The molecule has 2 aliphatic heterocycles. The Morgan fingerprint density at radius 1 is 1.07 bits per heavy atom. The van der Waals surface area contributed by atoms with E-state index in [1.165, 1.54) is 6.33 Å². The van der Waals surface area contributed by atoms with Crippen molar-refractivity contribution in [3.63, 3.8) is 0 Å². The van der Waals surface area contributed by atoms with Crippen LogP contribution in [0, 0.1) is 11.3 Å². The fraction of sp³-hybridized carbons (Fsp3) is 0.448. The van der Waals surface area contributed by atoms with Crippen LogP contribution in [0.4, 0.5) is 17.6 Å². The van der Waals surface area contributed by atoms with E-state index in [4.69, 9.17) is 14.2 Å². The average molecular weight is 599 g/mol. The predicted molar refractivity (Wildman–Crippen MR) is 160 cm³/mol. The molecule has 228 valence electrons. The molecule has 0 bridgehead atoms. The van der Waals surface area contributed by atoms with Crippen molar-refractivity contribution < 1.29 is 14.2 Å². The number of morpholine rings is 1. The van der Waals surface area contributed by atoms with Crippen LogP contribution in [0.5, 0.6) is 11.6 Å². The maximum absolute atomic E-state index is 9.59. The van der Waals surface area contributed by atoms with Gasteiger partial charge in [0, 0.05) is 50.2 Å². The van der Waals surface area contributed by atoms with Gasteiger partial charge in [-0.25, -0.2) is 19.6 Å². The molecule has 3 aromatic heterocycles. The largest absolute Gasteiger partial charge is 0.487 e. The van der Waals surface area contributed by atoms with E-state index in [-0.39, 0.29) is 6.10 Å². The van der Waals surface area contributed by atoms with Gasteiger partial charge in [0.25, 0.3) is 0 Å². The van der Waals surface area contributed by atoms with E-state index in [0.29, 0.717) is 47.4 Å². The molecule has 0 spiro atoms. The van der Waals surface area contributed by atoms with E-state index in [1.54, 1.807) is 42.5 Å². The van der Waals surface area contributed by atoms with Crippen LogP contribution in [-0.4, -0.2) is 104 Å². The fourth-order valence-corrected chi connectivity index (χ4v) is 5.46. The normalized spacial score (nSPS) is 16.7. The maximum Gasteiger partial charge on any atom is 0.242 e. The van der Waals surface area contributed by atoms with Crippen LogP contribution in [-0.2, 0) is 11.3 Å². The number of ether oxygens (including phenoxy) is 3. The molecule has 0 unspecified atom stereocenters. The van der Waals surface area contributed by atoms with Gasteiger partial charge >= 0.3 is 0 Å². The maximum atomic E-state index is 9.59. The summed E-state index contributed by atoms with van der Waals surface area (Å²) in [5.41, 5.74) is 2.56. The Kier molecular flexibility index (Phi) is 8.99. The summed E-state index contributed by atoms with van der Waals surface area (Å²) in [5.74, 6) is 1.90. The highest BCUT2D eigenvalue weighted by molar-refractivity contribution is 5.67. The summed E-state index contributed by atoms with van der Waals surface area (Å²) in [4.78, 5) is 23.0. The predicted octanol–water partition coefficient (Wildman–Crippen LogP) is 2.31. The van der Waals surface area contributed by atoms with Crippen molar-refractivity contribution in [3.05, 3.63) is 48.7 Å². The van der Waals surface area contributed by atoms with Crippen molar-refractivity contribution >= 4 is 17.6 Å². The minimum absolute atomic E-state index is 0.269. The van der Waals surface area contributed by atoms with Gasteiger partial charge in [-0.05, 0) is 47.9 Å².